The first-order valence-corrected chi connectivity index (χ1v) is 8.45. The van der Waals surface area contributed by atoms with E-state index in [4.69, 9.17) is 0 Å². The monoisotopic (exact) mass is 333 g/mol. The van der Waals surface area contributed by atoms with Gasteiger partial charge in [-0.05, 0) is 30.2 Å². The number of hydrogen-bond acceptors (Lipinski definition) is 4. The average Bonchev–Trinajstić information content (AvgIpc) is 2.94. The summed E-state index contributed by atoms with van der Waals surface area (Å²) in [5.74, 6) is 0.458. The third-order valence-electron chi connectivity index (χ3n) is 3.87. The molecule has 0 unspecified atom stereocenters. The second kappa shape index (κ2) is 5.94. The van der Waals surface area contributed by atoms with Gasteiger partial charge in [-0.25, -0.2) is 4.98 Å². The van der Waals surface area contributed by atoms with Crippen LogP contribution in [0.1, 0.15) is 5.56 Å². The minimum atomic E-state index is -0.116. The van der Waals surface area contributed by atoms with Gasteiger partial charge in [0.25, 0.3) is 5.56 Å². The Morgan fingerprint density at radius 1 is 1.00 bits per heavy atom. The Balaban J connectivity index is 1.83. The van der Waals surface area contributed by atoms with Crippen molar-refractivity contribution < 1.29 is 0 Å². The maximum absolute atomic E-state index is 12.5. The molecule has 0 fully saturated rings. The average molecular weight is 333 g/mol. The van der Waals surface area contributed by atoms with Crippen molar-refractivity contribution in [2.24, 2.45) is 0 Å². The molecule has 0 saturated heterocycles. The van der Waals surface area contributed by atoms with Crippen molar-refractivity contribution in [2.45, 2.75) is 6.92 Å². The van der Waals surface area contributed by atoms with Gasteiger partial charge in [0, 0.05) is 10.6 Å². The van der Waals surface area contributed by atoms with Gasteiger partial charge in [-0.2, -0.15) is 0 Å². The summed E-state index contributed by atoms with van der Waals surface area (Å²) in [6.07, 6.45) is 0. The van der Waals surface area contributed by atoms with Crippen LogP contribution in [0.25, 0.3) is 20.7 Å². The van der Waals surface area contributed by atoms with Gasteiger partial charge in [0.05, 0.1) is 5.39 Å². The summed E-state index contributed by atoms with van der Waals surface area (Å²) in [4.78, 5) is 21.8. The third-order valence-corrected chi connectivity index (χ3v) is 5.11. The largest absolute Gasteiger partial charge is 0.326 e. The molecule has 2 aromatic carbocycles. The number of hydrogen-bond donors (Lipinski definition) is 2. The highest BCUT2D eigenvalue weighted by molar-refractivity contribution is 7.22. The topological polar surface area (TPSA) is 57.8 Å². The van der Waals surface area contributed by atoms with E-state index >= 15 is 0 Å². The highest BCUT2D eigenvalue weighted by Crippen LogP contribution is 2.35. The van der Waals surface area contributed by atoms with Crippen molar-refractivity contribution in [3.8, 4) is 10.4 Å². The number of para-hydroxylation sites is 1. The lowest BCUT2D eigenvalue weighted by molar-refractivity contribution is 1.17. The zero-order chi connectivity index (χ0) is 16.5. The lowest BCUT2D eigenvalue weighted by Gasteiger charge is -2.04. The second-order valence-corrected chi connectivity index (χ2v) is 6.51. The number of fused-ring (bicyclic) bond motifs is 1. The minimum absolute atomic E-state index is 0.116. The van der Waals surface area contributed by atoms with Crippen molar-refractivity contribution in [3.05, 3.63) is 76.6 Å². The third kappa shape index (κ3) is 2.59. The van der Waals surface area contributed by atoms with Crippen molar-refractivity contribution in [1.82, 2.24) is 9.97 Å². The fraction of sp³-hybridized carbons (Fsp3) is 0.0526. The lowest BCUT2D eigenvalue weighted by Crippen LogP contribution is -2.10. The molecule has 0 aliphatic carbocycles. The van der Waals surface area contributed by atoms with Crippen LogP contribution >= 0.6 is 11.3 Å². The van der Waals surface area contributed by atoms with Crippen LogP contribution in [0, 0.1) is 6.92 Å². The molecule has 0 aliphatic rings. The van der Waals surface area contributed by atoms with Gasteiger partial charge in [-0.1, -0.05) is 48.5 Å². The number of H-pyrrole nitrogens is 1. The van der Waals surface area contributed by atoms with Crippen LogP contribution < -0.4 is 10.9 Å². The molecule has 0 spiro atoms. The summed E-state index contributed by atoms with van der Waals surface area (Å²) in [7, 11) is 0. The number of aryl methyl sites for hydroxylation is 1. The molecule has 0 radical (unpaired) electrons. The van der Waals surface area contributed by atoms with Crippen molar-refractivity contribution in [3.63, 3.8) is 0 Å². The van der Waals surface area contributed by atoms with Gasteiger partial charge in [0.2, 0.25) is 5.95 Å². The molecule has 4 nitrogen and oxygen atoms in total. The molecule has 0 saturated carbocycles. The number of aromatic amines is 1. The standard InChI is InChI=1S/C19H15N3OS/c1-12-15-17(23)21-19(20-14-10-6-3-7-11-14)22-18(15)24-16(12)13-8-4-2-5-9-13/h2-11H,1H3,(H2,20,21,22,23). The molecular weight excluding hydrogens is 318 g/mol. The molecule has 5 heteroatoms. The Morgan fingerprint density at radius 2 is 1.67 bits per heavy atom. The summed E-state index contributed by atoms with van der Waals surface area (Å²) in [6, 6.07) is 19.8. The maximum atomic E-state index is 12.5. The highest BCUT2D eigenvalue weighted by Gasteiger charge is 2.15. The molecule has 118 valence electrons. The zero-order valence-corrected chi connectivity index (χ0v) is 13.9. The molecule has 0 atom stereocenters. The lowest BCUT2D eigenvalue weighted by atomic mass is 10.1. The van der Waals surface area contributed by atoms with Crippen LogP contribution in [0.2, 0.25) is 0 Å². The summed E-state index contributed by atoms with van der Waals surface area (Å²) in [5, 5.41) is 3.81. The summed E-state index contributed by atoms with van der Waals surface area (Å²) in [6.45, 7) is 1.97. The van der Waals surface area contributed by atoms with Crippen LogP contribution in [0.3, 0.4) is 0 Å². The molecule has 0 amide bonds. The second-order valence-electron chi connectivity index (χ2n) is 5.51. The first kappa shape index (κ1) is 14.7. The van der Waals surface area contributed by atoms with Crippen molar-refractivity contribution in [2.75, 3.05) is 5.32 Å². The van der Waals surface area contributed by atoms with Crippen LogP contribution in [0.5, 0.6) is 0 Å². The molecule has 4 rings (SSSR count). The van der Waals surface area contributed by atoms with Gasteiger partial charge in [-0.15, -0.1) is 11.3 Å². The highest BCUT2D eigenvalue weighted by atomic mass is 32.1. The Labute approximate surface area is 142 Å². The minimum Gasteiger partial charge on any atom is -0.326 e. The summed E-state index contributed by atoms with van der Waals surface area (Å²) in [5.41, 5.74) is 2.85. The van der Waals surface area contributed by atoms with Crippen LogP contribution in [-0.2, 0) is 0 Å². The van der Waals surface area contributed by atoms with E-state index in [1.54, 1.807) is 11.3 Å². The van der Waals surface area contributed by atoms with Crippen molar-refractivity contribution in [1.29, 1.82) is 0 Å². The van der Waals surface area contributed by atoms with Crippen molar-refractivity contribution >= 4 is 33.2 Å². The molecule has 4 aromatic rings. The number of benzene rings is 2. The first-order chi connectivity index (χ1) is 11.7. The number of nitrogens with zero attached hydrogens (tertiary/aromatic N) is 1. The van der Waals surface area contributed by atoms with Crippen LogP contribution in [0.15, 0.2) is 65.5 Å². The van der Waals surface area contributed by atoms with E-state index in [1.165, 1.54) is 0 Å². The molecule has 2 N–H and O–H groups in total. The van der Waals surface area contributed by atoms with Gasteiger partial charge >= 0.3 is 0 Å². The Bertz CT molecular complexity index is 1050. The number of rotatable bonds is 3. The van der Waals surface area contributed by atoms with E-state index in [0.29, 0.717) is 11.3 Å². The van der Waals surface area contributed by atoms with Gasteiger partial charge in [-0.3, -0.25) is 9.78 Å². The van der Waals surface area contributed by atoms with Gasteiger partial charge in [0.1, 0.15) is 4.83 Å². The van der Waals surface area contributed by atoms with E-state index in [1.807, 2.05) is 55.5 Å². The number of nitrogens with one attached hydrogen (secondary N) is 2. The van der Waals surface area contributed by atoms with E-state index in [2.05, 4.69) is 27.4 Å². The summed E-state index contributed by atoms with van der Waals surface area (Å²) >= 11 is 1.54. The predicted octanol–water partition coefficient (Wildman–Crippen LogP) is 4.70. The van der Waals surface area contributed by atoms with E-state index in [0.717, 1.165) is 26.5 Å². The molecule has 24 heavy (non-hydrogen) atoms. The summed E-state index contributed by atoms with van der Waals surface area (Å²) < 4.78 is 0. The smallest absolute Gasteiger partial charge is 0.261 e. The van der Waals surface area contributed by atoms with Crippen LogP contribution in [0.4, 0.5) is 11.6 Å². The SMILES string of the molecule is Cc1c(-c2ccccc2)sc2nc(Nc3ccccc3)[nH]c(=O)c12. The number of thiophene rings is 1. The molecule has 0 bridgehead atoms. The number of anilines is 2. The van der Waals surface area contributed by atoms with Gasteiger partial charge < -0.3 is 5.32 Å². The molecule has 2 heterocycles. The van der Waals surface area contributed by atoms with E-state index < -0.39 is 0 Å². The van der Waals surface area contributed by atoms with Crippen LogP contribution in [-0.4, -0.2) is 9.97 Å². The number of aromatic nitrogens is 2. The van der Waals surface area contributed by atoms with E-state index in [9.17, 15) is 4.79 Å². The Morgan fingerprint density at radius 3 is 2.38 bits per heavy atom. The fourth-order valence-corrected chi connectivity index (χ4v) is 3.91. The fourth-order valence-electron chi connectivity index (χ4n) is 2.73. The molecule has 2 aromatic heterocycles. The Kier molecular flexibility index (Phi) is 3.63. The molecule has 0 aliphatic heterocycles. The predicted molar refractivity (Wildman–Crippen MR) is 100 cm³/mol. The normalized spacial score (nSPS) is 10.9. The maximum Gasteiger partial charge on any atom is 0.261 e. The quantitative estimate of drug-likeness (QED) is 0.571. The Hall–Kier alpha value is -2.92. The van der Waals surface area contributed by atoms with Gasteiger partial charge in [0.15, 0.2) is 0 Å². The first-order valence-electron chi connectivity index (χ1n) is 7.63. The van der Waals surface area contributed by atoms with E-state index in [-0.39, 0.29) is 5.56 Å². The zero-order valence-electron chi connectivity index (χ0n) is 13.0. The molecular formula is C19H15N3OS.